The van der Waals surface area contributed by atoms with Gasteiger partial charge in [-0.1, -0.05) is 35.5 Å². The lowest BCUT2D eigenvalue weighted by molar-refractivity contribution is -0.120. The smallest absolute Gasteiger partial charge is 0.286 e. The Kier molecular flexibility index (Phi) is 2.94. The van der Waals surface area contributed by atoms with Crippen LogP contribution in [0.25, 0.3) is 0 Å². The summed E-state index contributed by atoms with van der Waals surface area (Å²) in [4.78, 5) is 19.3. The maximum Gasteiger partial charge on any atom is 0.286 e. The Morgan fingerprint density at radius 1 is 1.35 bits per heavy atom. The summed E-state index contributed by atoms with van der Waals surface area (Å²) in [5, 5.41) is 20.0. The SMILES string of the molecule is N=C1C(=NO)C(=O)N2CCN=C2N1Cc1ccccc1. The van der Waals surface area contributed by atoms with Gasteiger partial charge in [-0.2, -0.15) is 0 Å². The predicted octanol–water partition coefficient (Wildman–Crippen LogP) is 0.508. The highest BCUT2D eigenvalue weighted by atomic mass is 16.4. The van der Waals surface area contributed by atoms with Gasteiger partial charge < -0.3 is 5.21 Å². The molecule has 2 N–H and O–H groups in total. The van der Waals surface area contributed by atoms with Crippen molar-refractivity contribution >= 4 is 23.4 Å². The molecule has 0 radical (unpaired) electrons. The number of hydrogen-bond donors (Lipinski definition) is 2. The molecule has 2 aliphatic rings. The van der Waals surface area contributed by atoms with Crippen molar-refractivity contribution in [1.82, 2.24) is 9.80 Å². The van der Waals surface area contributed by atoms with E-state index >= 15 is 0 Å². The first-order valence-corrected chi connectivity index (χ1v) is 6.21. The number of nitrogens with zero attached hydrogens (tertiary/aromatic N) is 4. The highest BCUT2D eigenvalue weighted by molar-refractivity contribution is 6.69. The molecule has 0 bridgehead atoms. The van der Waals surface area contributed by atoms with E-state index in [9.17, 15) is 4.79 Å². The Morgan fingerprint density at radius 3 is 2.80 bits per heavy atom. The van der Waals surface area contributed by atoms with E-state index in [1.165, 1.54) is 4.90 Å². The van der Waals surface area contributed by atoms with Crippen LogP contribution in [-0.4, -0.2) is 51.5 Å². The second-order valence-corrected chi connectivity index (χ2v) is 4.51. The van der Waals surface area contributed by atoms with Crippen LogP contribution in [-0.2, 0) is 11.3 Å². The van der Waals surface area contributed by atoms with Crippen molar-refractivity contribution in [2.75, 3.05) is 13.1 Å². The van der Waals surface area contributed by atoms with E-state index in [0.29, 0.717) is 25.6 Å². The Hall–Kier alpha value is -2.70. The molecule has 1 aromatic carbocycles. The number of fused-ring (bicyclic) bond motifs is 1. The van der Waals surface area contributed by atoms with Gasteiger partial charge in [-0.15, -0.1) is 0 Å². The number of benzene rings is 1. The maximum atomic E-state index is 12.0. The first-order valence-electron chi connectivity index (χ1n) is 6.21. The van der Waals surface area contributed by atoms with E-state index in [1.807, 2.05) is 30.3 Å². The molecule has 0 aliphatic carbocycles. The molecule has 1 amide bonds. The zero-order chi connectivity index (χ0) is 14.1. The molecule has 2 heterocycles. The fraction of sp³-hybridized carbons (Fsp3) is 0.231. The molecule has 0 spiro atoms. The lowest BCUT2D eigenvalue weighted by Gasteiger charge is -2.34. The Labute approximate surface area is 115 Å². The molecule has 0 atom stereocenters. The van der Waals surface area contributed by atoms with Crippen LogP contribution in [0.4, 0.5) is 0 Å². The van der Waals surface area contributed by atoms with Crippen molar-refractivity contribution in [3.8, 4) is 0 Å². The summed E-state index contributed by atoms with van der Waals surface area (Å²) in [6.07, 6.45) is 0. The van der Waals surface area contributed by atoms with Crippen LogP contribution >= 0.6 is 0 Å². The van der Waals surface area contributed by atoms with Crippen LogP contribution in [0.1, 0.15) is 5.56 Å². The van der Waals surface area contributed by atoms with Crippen molar-refractivity contribution in [3.63, 3.8) is 0 Å². The molecule has 7 nitrogen and oxygen atoms in total. The summed E-state index contributed by atoms with van der Waals surface area (Å²) in [6.45, 7) is 1.35. The first kappa shape index (κ1) is 12.3. The highest BCUT2D eigenvalue weighted by Crippen LogP contribution is 2.18. The lowest BCUT2D eigenvalue weighted by Crippen LogP contribution is -2.58. The predicted molar refractivity (Wildman–Crippen MR) is 72.9 cm³/mol. The minimum atomic E-state index is -0.474. The van der Waals surface area contributed by atoms with Crippen LogP contribution in [0, 0.1) is 5.41 Å². The first-order chi connectivity index (χ1) is 9.72. The normalized spacial score (nSPS) is 20.4. The Balaban J connectivity index is 1.96. The fourth-order valence-corrected chi connectivity index (χ4v) is 2.32. The summed E-state index contributed by atoms with van der Waals surface area (Å²) < 4.78 is 0. The van der Waals surface area contributed by atoms with Crippen molar-refractivity contribution in [2.45, 2.75) is 6.54 Å². The van der Waals surface area contributed by atoms with Crippen LogP contribution in [0.5, 0.6) is 0 Å². The Bertz CT molecular complexity index is 623. The van der Waals surface area contributed by atoms with Crippen LogP contribution in [0.3, 0.4) is 0 Å². The van der Waals surface area contributed by atoms with Crippen LogP contribution < -0.4 is 0 Å². The van der Waals surface area contributed by atoms with Crippen LogP contribution in [0.2, 0.25) is 0 Å². The average molecular weight is 271 g/mol. The number of carbonyl (C=O) groups excluding carboxylic acids is 1. The summed E-state index contributed by atoms with van der Waals surface area (Å²) >= 11 is 0. The molecule has 2 aliphatic heterocycles. The summed E-state index contributed by atoms with van der Waals surface area (Å²) in [7, 11) is 0. The number of nitrogens with one attached hydrogen (secondary N) is 1. The van der Waals surface area contributed by atoms with Gasteiger partial charge in [0.2, 0.25) is 11.7 Å². The molecular formula is C13H13N5O2. The third kappa shape index (κ3) is 1.83. The van der Waals surface area contributed by atoms with Crippen molar-refractivity contribution < 1.29 is 10.0 Å². The molecule has 1 fully saturated rings. The second-order valence-electron chi connectivity index (χ2n) is 4.51. The van der Waals surface area contributed by atoms with Gasteiger partial charge in [-0.25, -0.2) is 0 Å². The number of amides is 1. The Morgan fingerprint density at radius 2 is 2.10 bits per heavy atom. The van der Waals surface area contributed by atoms with Crippen molar-refractivity contribution in [1.29, 1.82) is 5.41 Å². The quantitative estimate of drug-likeness (QED) is 0.606. The largest absolute Gasteiger partial charge is 0.410 e. The molecule has 1 saturated heterocycles. The van der Waals surface area contributed by atoms with E-state index in [0.717, 1.165) is 5.56 Å². The standard InChI is InChI=1S/C13H13N5O2/c14-11-10(16-20)12(19)17-7-6-15-13(17)18(11)8-9-4-2-1-3-5-9/h1-5,14,20H,6-8H2. The molecular weight excluding hydrogens is 258 g/mol. The summed E-state index contributed by atoms with van der Waals surface area (Å²) in [5.74, 6) is -0.146. The number of hydrogen-bond acceptors (Lipinski definition) is 5. The number of carbonyl (C=O) groups is 1. The fourth-order valence-electron chi connectivity index (χ4n) is 2.32. The minimum Gasteiger partial charge on any atom is -0.410 e. The summed E-state index contributed by atoms with van der Waals surface area (Å²) in [6, 6.07) is 9.58. The number of rotatable bonds is 2. The van der Waals surface area contributed by atoms with E-state index in [2.05, 4.69) is 10.1 Å². The molecule has 102 valence electrons. The topological polar surface area (TPSA) is 92.3 Å². The number of aliphatic imine (C=N–C) groups is 1. The monoisotopic (exact) mass is 271 g/mol. The van der Waals surface area contributed by atoms with Gasteiger partial charge in [0.15, 0.2) is 5.84 Å². The van der Waals surface area contributed by atoms with Gasteiger partial charge in [0.25, 0.3) is 5.91 Å². The molecule has 1 aromatic rings. The van der Waals surface area contributed by atoms with E-state index in [-0.39, 0.29) is 11.5 Å². The zero-order valence-corrected chi connectivity index (χ0v) is 10.7. The molecule has 0 unspecified atom stereocenters. The van der Waals surface area contributed by atoms with Gasteiger partial charge >= 0.3 is 0 Å². The van der Waals surface area contributed by atoms with E-state index < -0.39 is 5.91 Å². The van der Waals surface area contributed by atoms with Gasteiger partial charge in [-0.3, -0.25) is 25.0 Å². The summed E-state index contributed by atoms with van der Waals surface area (Å²) in [5.41, 5.74) is 0.736. The average Bonchev–Trinajstić information content (AvgIpc) is 2.95. The highest BCUT2D eigenvalue weighted by Gasteiger charge is 2.41. The van der Waals surface area contributed by atoms with Crippen molar-refractivity contribution in [2.24, 2.45) is 10.1 Å². The molecule has 0 saturated carbocycles. The van der Waals surface area contributed by atoms with Gasteiger partial charge in [0.1, 0.15) is 0 Å². The number of guanidine groups is 1. The maximum absolute atomic E-state index is 12.0. The van der Waals surface area contributed by atoms with E-state index in [4.69, 9.17) is 10.6 Å². The third-order valence-corrected chi connectivity index (χ3v) is 3.29. The van der Waals surface area contributed by atoms with Crippen LogP contribution in [0.15, 0.2) is 40.5 Å². The van der Waals surface area contributed by atoms with Crippen molar-refractivity contribution in [3.05, 3.63) is 35.9 Å². The van der Waals surface area contributed by atoms with Gasteiger partial charge in [0.05, 0.1) is 13.1 Å². The number of oxime groups is 1. The second kappa shape index (κ2) is 4.76. The lowest BCUT2D eigenvalue weighted by atomic mass is 10.1. The number of amidine groups is 1. The zero-order valence-electron chi connectivity index (χ0n) is 10.7. The van der Waals surface area contributed by atoms with Gasteiger partial charge in [-0.05, 0) is 5.56 Å². The third-order valence-electron chi connectivity index (χ3n) is 3.29. The van der Waals surface area contributed by atoms with Gasteiger partial charge in [0, 0.05) is 6.54 Å². The minimum absolute atomic E-state index is 0.127. The molecule has 3 rings (SSSR count). The molecule has 7 heteroatoms. The molecule has 0 aromatic heterocycles. The van der Waals surface area contributed by atoms with E-state index in [1.54, 1.807) is 4.90 Å². The molecule has 20 heavy (non-hydrogen) atoms.